The molecule has 0 radical (unpaired) electrons. The van der Waals surface area contributed by atoms with Crippen LogP contribution in [0.1, 0.15) is 16.9 Å². The number of hydrogen-bond acceptors (Lipinski definition) is 6. The molecule has 0 spiro atoms. The number of nitrogens with zero attached hydrogens (tertiary/aromatic N) is 2. The largest absolute Gasteiger partial charge is 0.352 e. The molecule has 0 aliphatic carbocycles. The Labute approximate surface area is 156 Å². The Morgan fingerprint density at radius 2 is 2.25 bits per heavy atom. The number of hydrogen-bond donors (Lipinski definition) is 2. The minimum atomic E-state index is 0. The molecule has 0 saturated heterocycles. The number of nitrogens with one attached hydrogen (secondary N) is 2. The van der Waals surface area contributed by atoms with Gasteiger partial charge in [0.25, 0.3) is 0 Å². The number of carbonyl (C=O) groups excluding carboxylic acids is 1. The Bertz CT molecular complexity index is 760. The Morgan fingerprint density at radius 1 is 1.42 bits per heavy atom. The van der Waals surface area contributed by atoms with Gasteiger partial charge in [-0.15, -0.1) is 23.7 Å². The van der Waals surface area contributed by atoms with Gasteiger partial charge in [-0.25, -0.2) is 9.97 Å². The van der Waals surface area contributed by atoms with E-state index in [2.05, 4.69) is 40.5 Å². The summed E-state index contributed by atoms with van der Waals surface area (Å²) in [5.74, 6) is 0.428. The third kappa shape index (κ3) is 4.47. The van der Waals surface area contributed by atoms with Crippen molar-refractivity contribution in [3.63, 3.8) is 0 Å². The van der Waals surface area contributed by atoms with Crippen LogP contribution in [0.5, 0.6) is 0 Å². The highest BCUT2D eigenvalue weighted by molar-refractivity contribution is 8.00. The van der Waals surface area contributed by atoms with Gasteiger partial charge in [-0.3, -0.25) is 4.79 Å². The number of rotatable bonds is 5. The van der Waals surface area contributed by atoms with E-state index in [0.717, 1.165) is 34.8 Å². The highest BCUT2D eigenvalue weighted by Crippen LogP contribution is 2.34. The number of amides is 1. The van der Waals surface area contributed by atoms with Crippen molar-refractivity contribution in [1.82, 2.24) is 20.6 Å². The van der Waals surface area contributed by atoms with Crippen molar-refractivity contribution >= 4 is 51.6 Å². The highest BCUT2D eigenvalue weighted by atomic mass is 35.5. The zero-order valence-corrected chi connectivity index (χ0v) is 16.2. The Kier molecular flexibility index (Phi) is 7.03. The summed E-state index contributed by atoms with van der Waals surface area (Å²) in [5.41, 5.74) is 2.52. The molecule has 0 bridgehead atoms. The first-order valence-corrected chi connectivity index (χ1v) is 9.44. The van der Waals surface area contributed by atoms with Crippen molar-refractivity contribution in [2.75, 3.05) is 25.4 Å². The number of fused-ring (bicyclic) bond motifs is 1. The van der Waals surface area contributed by atoms with Gasteiger partial charge in [0.2, 0.25) is 5.91 Å². The van der Waals surface area contributed by atoms with E-state index in [-0.39, 0.29) is 18.3 Å². The summed E-state index contributed by atoms with van der Waals surface area (Å²) in [6, 6.07) is 0. The third-order valence-electron chi connectivity index (χ3n) is 3.94. The normalized spacial score (nSPS) is 14.2. The van der Waals surface area contributed by atoms with Gasteiger partial charge in [0.15, 0.2) is 0 Å². The fraction of sp³-hybridized carbons (Fsp3) is 0.438. The smallest absolute Gasteiger partial charge is 0.230 e. The lowest BCUT2D eigenvalue weighted by atomic mass is 10.1. The van der Waals surface area contributed by atoms with Gasteiger partial charge in [0, 0.05) is 23.4 Å². The maximum atomic E-state index is 12.1. The molecule has 3 heterocycles. The topological polar surface area (TPSA) is 66.9 Å². The van der Waals surface area contributed by atoms with Gasteiger partial charge in [-0.1, -0.05) is 23.4 Å². The second-order valence-electron chi connectivity index (χ2n) is 5.52. The van der Waals surface area contributed by atoms with E-state index in [4.69, 9.17) is 0 Å². The lowest BCUT2D eigenvalue weighted by molar-refractivity contribution is -0.118. The molecule has 130 valence electrons. The molecule has 0 fully saturated rings. The van der Waals surface area contributed by atoms with Gasteiger partial charge >= 0.3 is 0 Å². The van der Waals surface area contributed by atoms with Crippen LogP contribution < -0.4 is 10.6 Å². The molecule has 0 atom stereocenters. The molecular weight excluding hydrogens is 364 g/mol. The van der Waals surface area contributed by atoms with Crippen LogP contribution in [0, 0.1) is 13.8 Å². The number of thiophene rings is 1. The summed E-state index contributed by atoms with van der Waals surface area (Å²) in [6.07, 6.45) is 4.74. The molecule has 1 aliphatic rings. The van der Waals surface area contributed by atoms with E-state index in [9.17, 15) is 4.79 Å². The Morgan fingerprint density at radius 3 is 3.00 bits per heavy atom. The minimum absolute atomic E-state index is 0. The van der Waals surface area contributed by atoms with E-state index < -0.39 is 0 Å². The SMILES string of the molecule is Cc1sc2ncnc(SCC(=O)NCC3=CCNCC3)c2c1C.Cl. The van der Waals surface area contributed by atoms with Gasteiger partial charge in [-0.05, 0) is 32.4 Å². The summed E-state index contributed by atoms with van der Waals surface area (Å²) >= 11 is 3.16. The molecule has 5 nitrogen and oxygen atoms in total. The van der Waals surface area contributed by atoms with Gasteiger partial charge < -0.3 is 10.6 Å². The highest BCUT2D eigenvalue weighted by Gasteiger charge is 2.14. The van der Waals surface area contributed by atoms with E-state index >= 15 is 0 Å². The van der Waals surface area contributed by atoms with Crippen molar-refractivity contribution in [3.8, 4) is 0 Å². The third-order valence-corrected chi connectivity index (χ3v) is 6.05. The van der Waals surface area contributed by atoms with Crippen LogP contribution in [-0.2, 0) is 4.79 Å². The van der Waals surface area contributed by atoms with E-state index in [1.807, 2.05) is 0 Å². The first kappa shape index (κ1) is 19.2. The molecule has 8 heteroatoms. The number of aryl methyl sites for hydroxylation is 2. The van der Waals surface area contributed by atoms with Crippen molar-refractivity contribution in [3.05, 3.63) is 28.4 Å². The predicted octanol–water partition coefficient (Wildman–Crippen LogP) is 2.86. The van der Waals surface area contributed by atoms with Crippen molar-refractivity contribution in [2.24, 2.45) is 0 Å². The fourth-order valence-electron chi connectivity index (χ4n) is 2.49. The Hall–Kier alpha value is -1.15. The molecule has 2 aromatic heterocycles. The van der Waals surface area contributed by atoms with Crippen LogP contribution in [0.15, 0.2) is 23.0 Å². The molecule has 1 amide bonds. The molecule has 1 aliphatic heterocycles. The maximum Gasteiger partial charge on any atom is 0.230 e. The number of carbonyl (C=O) groups is 1. The molecule has 2 N–H and O–H groups in total. The number of thioether (sulfide) groups is 1. The summed E-state index contributed by atoms with van der Waals surface area (Å²) in [7, 11) is 0. The molecule has 0 aromatic carbocycles. The summed E-state index contributed by atoms with van der Waals surface area (Å²) in [5, 5.41) is 8.25. The van der Waals surface area contributed by atoms with Crippen molar-refractivity contribution in [2.45, 2.75) is 25.3 Å². The van der Waals surface area contributed by atoms with Crippen LogP contribution in [0.25, 0.3) is 10.2 Å². The van der Waals surface area contributed by atoms with E-state index in [0.29, 0.717) is 12.3 Å². The van der Waals surface area contributed by atoms with E-state index in [1.165, 1.54) is 27.8 Å². The molecule has 0 saturated carbocycles. The van der Waals surface area contributed by atoms with Crippen molar-refractivity contribution in [1.29, 1.82) is 0 Å². The fourth-order valence-corrected chi connectivity index (χ4v) is 4.43. The average molecular weight is 385 g/mol. The van der Waals surface area contributed by atoms with Crippen LogP contribution in [-0.4, -0.2) is 41.3 Å². The monoisotopic (exact) mass is 384 g/mol. The summed E-state index contributed by atoms with van der Waals surface area (Å²) in [6.45, 7) is 6.72. The van der Waals surface area contributed by atoms with E-state index in [1.54, 1.807) is 17.7 Å². The van der Waals surface area contributed by atoms with Gasteiger partial charge in [0.05, 0.1) is 5.75 Å². The minimum Gasteiger partial charge on any atom is -0.352 e. The van der Waals surface area contributed by atoms with Crippen LogP contribution >= 0.6 is 35.5 Å². The van der Waals surface area contributed by atoms with Crippen molar-refractivity contribution < 1.29 is 4.79 Å². The molecule has 3 rings (SSSR count). The van der Waals surface area contributed by atoms with Gasteiger partial charge in [-0.2, -0.15) is 0 Å². The summed E-state index contributed by atoms with van der Waals surface area (Å²) in [4.78, 5) is 23.0. The second kappa shape index (κ2) is 8.80. The lowest BCUT2D eigenvalue weighted by Gasteiger charge is -2.14. The standard InChI is InChI=1S/C16H20N4OS2.ClH/c1-10-11(2)23-16-14(10)15(19-9-20-16)22-8-13(21)18-7-12-3-5-17-6-4-12;/h3,9,17H,4-8H2,1-2H3,(H,18,21);1H. The number of halogens is 1. The average Bonchev–Trinajstić information content (AvgIpc) is 2.87. The predicted molar refractivity (Wildman–Crippen MR) is 103 cm³/mol. The van der Waals surface area contributed by atoms with Crippen LogP contribution in [0.3, 0.4) is 0 Å². The summed E-state index contributed by atoms with van der Waals surface area (Å²) < 4.78 is 0. The number of aromatic nitrogens is 2. The molecule has 2 aromatic rings. The quantitative estimate of drug-likeness (QED) is 0.471. The van der Waals surface area contributed by atoms with Gasteiger partial charge in [0.1, 0.15) is 16.2 Å². The second-order valence-corrected chi connectivity index (χ2v) is 7.69. The molecular formula is C16H21ClN4OS2. The maximum absolute atomic E-state index is 12.1. The van der Waals surface area contributed by atoms with Crippen LogP contribution in [0.4, 0.5) is 0 Å². The Balaban J connectivity index is 0.00000208. The molecule has 24 heavy (non-hydrogen) atoms. The molecule has 0 unspecified atom stereocenters. The zero-order chi connectivity index (χ0) is 16.2. The first-order valence-electron chi connectivity index (χ1n) is 7.64. The van der Waals surface area contributed by atoms with Crippen LogP contribution in [0.2, 0.25) is 0 Å². The zero-order valence-electron chi connectivity index (χ0n) is 13.7. The lowest BCUT2D eigenvalue weighted by Crippen LogP contribution is -2.30. The first-order chi connectivity index (χ1) is 11.1.